The van der Waals surface area contributed by atoms with Gasteiger partial charge in [-0.1, -0.05) is 30.3 Å². The number of carbonyl (C=O) groups excluding carboxylic acids is 2. The maximum atomic E-state index is 12.4. The molecule has 2 saturated heterocycles. The second-order valence-corrected chi connectivity index (χ2v) is 5.67. The minimum absolute atomic E-state index is 0.0315. The number of methoxy groups -OCH3 is 1. The fraction of sp³-hybridized carbons (Fsp3) is 0.500. The quantitative estimate of drug-likeness (QED) is 0.780. The van der Waals surface area contributed by atoms with Gasteiger partial charge in [0.15, 0.2) is 5.72 Å². The Labute approximate surface area is 123 Å². The van der Waals surface area contributed by atoms with Gasteiger partial charge in [-0.3, -0.25) is 9.59 Å². The normalized spacial score (nSPS) is 31.9. The topological polar surface area (TPSA) is 55.8 Å². The molecule has 0 saturated carbocycles. The second-order valence-electron chi connectivity index (χ2n) is 5.67. The number of hydrogen-bond acceptors (Lipinski definition) is 4. The summed E-state index contributed by atoms with van der Waals surface area (Å²) in [5, 5.41) is 0. The molecule has 0 aromatic heterocycles. The van der Waals surface area contributed by atoms with E-state index in [1.54, 1.807) is 4.90 Å². The third-order valence-electron chi connectivity index (χ3n) is 4.56. The van der Waals surface area contributed by atoms with Crippen LogP contribution in [0.3, 0.4) is 0 Å². The van der Waals surface area contributed by atoms with Crippen LogP contribution in [-0.2, 0) is 19.1 Å². The van der Waals surface area contributed by atoms with Crippen LogP contribution in [0.1, 0.15) is 31.4 Å². The fourth-order valence-corrected chi connectivity index (χ4v) is 3.45. The summed E-state index contributed by atoms with van der Waals surface area (Å²) >= 11 is 0. The van der Waals surface area contributed by atoms with Crippen LogP contribution in [0, 0.1) is 5.92 Å². The first-order valence-electron chi connectivity index (χ1n) is 7.17. The first-order valence-corrected chi connectivity index (χ1v) is 7.17. The fourth-order valence-electron chi connectivity index (χ4n) is 3.45. The van der Waals surface area contributed by atoms with Gasteiger partial charge in [-0.15, -0.1) is 0 Å². The van der Waals surface area contributed by atoms with Gasteiger partial charge in [0.2, 0.25) is 5.91 Å². The predicted octanol–water partition coefficient (Wildman–Crippen LogP) is 1.89. The van der Waals surface area contributed by atoms with Gasteiger partial charge in [-0.05, 0) is 18.9 Å². The van der Waals surface area contributed by atoms with E-state index in [4.69, 9.17) is 9.47 Å². The largest absolute Gasteiger partial charge is 0.469 e. The zero-order valence-electron chi connectivity index (χ0n) is 12.2. The first-order chi connectivity index (χ1) is 10.1. The molecule has 3 atom stereocenters. The molecule has 21 heavy (non-hydrogen) atoms. The summed E-state index contributed by atoms with van der Waals surface area (Å²) in [7, 11) is 1.37. The molecule has 2 heterocycles. The molecule has 0 N–H and O–H groups in total. The van der Waals surface area contributed by atoms with Gasteiger partial charge in [0.05, 0.1) is 19.8 Å². The molecule has 0 aliphatic carbocycles. The summed E-state index contributed by atoms with van der Waals surface area (Å²) in [6.07, 6.45) is 0.821. The number of nitrogens with zero attached hydrogens (tertiary/aromatic N) is 1. The van der Waals surface area contributed by atoms with Gasteiger partial charge in [0.25, 0.3) is 0 Å². The Balaban J connectivity index is 1.97. The highest BCUT2D eigenvalue weighted by Gasteiger charge is 2.57. The van der Waals surface area contributed by atoms with E-state index in [2.05, 4.69) is 0 Å². The molecule has 5 heteroatoms. The Morgan fingerprint density at radius 3 is 2.76 bits per heavy atom. The number of ether oxygens (including phenoxy) is 2. The first kappa shape index (κ1) is 14.1. The number of piperidine rings is 1. The predicted molar refractivity (Wildman–Crippen MR) is 75.1 cm³/mol. The summed E-state index contributed by atoms with van der Waals surface area (Å²) in [6.45, 7) is 2.22. The molecule has 5 nitrogen and oxygen atoms in total. The van der Waals surface area contributed by atoms with E-state index in [0.29, 0.717) is 19.4 Å². The molecule has 0 unspecified atom stereocenters. The highest BCUT2D eigenvalue weighted by atomic mass is 16.5. The third kappa shape index (κ3) is 2.12. The van der Waals surface area contributed by atoms with Gasteiger partial charge < -0.3 is 14.4 Å². The SMILES string of the molecule is COC(=O)[C@@H]1CCC(=O)N2[C@H](c3ccccc3)CO[C@@]12C. The van der Waals surface area contributed by atoms with Crippen molar-refractivity contribution in [1.29, 1.82) is 0 Å². The third-order valence-corrected chi connectivity index (χ3v) is 4.56. The lowest BCUT2D eigenvalue weighted by molar-refractivity contribution is -0.184. The van der Waals surface area contributed by atoms with Crippen molar-refractivity contribution in [3.05, 3.63) is 35.9 Å². The van der Waals surface area contributed by atoms with Crippen LogP contribution in [-0.4, -0.2) is 36.2 Å². The molecule has 0 spiro atoms. The van der Waals surface area contributed by atoms with Crippen molar-refractivity contribution in [2.24, 2.45) is 5.92 Å². The summed E-state index contributed by atoms with van der Waals surface area (Å²) in [6, 6.07) is 9.64. The standard InChI is InChI=1S/C16H19NO4/c1-16-12(15(19)20-2)8-9-14(18)17(16)13(10-21-16)11-6-4-3-5-7-11/h3-7,12-13H,8-10H2,1-2H3/t12-,13-,16-/m0/s1. The van der Waals surface area contributed by atoms with E-state index in [1.165, 1.54) is 7.11 Å². The number of fused-ring (bicyclic) bond motifs is 1. The number of hydrogen-bond donors (Lipinski definition) is 0. The van der Waals surface area contributed by atoms with Crippen LogP contribution in [0.25, 0.3) is 0 Å². The second kappa shape index (κ2) is 5.15. The Kier molecular flexibility index (Phi) is 3.45. The summed E-state index contributed by atoms with van der Waals surface area (Å²) in [5.74, 6) is -0.721. The van der Waals surface area contributed by atoms with E-state index in [-0.39, 0.29) is 17.9 Å². The monoisotopic (exact) mass is 289 g/mol. The van der Waals surface area contributed by atoms with Gasteiger partial charge in [0.1, 0.15) is 5.92 Å². The lowest BCUT2D eigenvalue weighted by atomic mass is 9.85. The minimum Gasteiger partial charge on any atom is -0.469 e. The van der Waals surface area contributed by atoms with E-state index < -0.39 is 11.6 Å². The van der Waals surface area contributed by atoms with Crippen molar-refractivity contribution >= 4 is 11.9 Å². The molecule has 0 bridgehead atoms. The van der Waals surface area contributed by atoms with Gasteiger partial charge in [-0.2, -0.15) is 0 Å². The van der Waals surface area contributed by atoms with Crippen LogP contribution < -0.4 is 0 Å². The number of rotatable bonds is 2. The van der Waals surface area contributed by atoms with Gasteiger partial charge >= 0.3 is 5.97 Å². The molecule has 1 amide bonds. The molecule has 0 radical (unpaired) electrons. The molecule has 1 aromatic carbocycles. The molecule has 1 aromatic rings. The van der Waals surface area contributed by atoms with Crippen LogP contribution in [0.2, 0.25) is 0 Å². The highest BCUT2D eigenvalue weighted by Crippen LogP contribution is 2.46. The Morgan fingerprint density at radius 1 is 1.38 bits per heavy atom. The maximum Gasteiger partial charge on any atom is 0.313 e. The lowest BCUT2D eigenvalue weighted by Gasteiger charge is -2.44. The van der Waals surface area contributed by atoms with E-state index >= 15 is 0 Å². The molecular weight excluding hydrogens is 270 g/mol. The average Bonchev–Trinajstić information content (AvgIpc) is 2.87. The van der Waals surface area contributed by atoms with Crippen LogP contribution in [0.4, 0.5) is 0 Å². The van der Waals surface area contributed by atoms with Crippen molar-refractivity contribution in [2.45, 2.75) is 31.5 Å². The Hall–Kier alpha value is -1.88. The van der Waals surface area contributed by atoms with Crippen molar-refractivity contribution in [3.63, 3.8) is 0 Å². The van der Waals surface area contributed by atoms with Gasteiger partial charge in [0, 0.05) is 6.42 Å². The van der Waals surface area contributed by atoms with E-state index in [9.17, 15) is 9.59 Å². The summed E-state index contributed by atoms with van der Waals surface area (Å²) in [5.41, 5.74) is 0.114. The summed E-state index contributed by atoms with van der Waals surface area (Å²) < 4.78 is 10.8. The van der Waals surface area contributed by atoms with Crippen molar-refractivity contribution < 1.29 is 19.1 Å². The van der Waals surface area contributed by atoms with Crippen LogP contribution in [0.5, 0.6) is 0 Å². The number of benzene rings is 1. The maximum absolute atomic E-state index is 12.4. The zero-order chi connectivity index (χ0) is 15.0. The zero-order valence-corrected chi connectivity index (χ0v) is 12.2. The van der Waals surface area contributed by atoms with E-state index in [0.717, 1.165) is 5.56 Å². The van der Waals surface area contributed by atoms with Crippen molar-refractivity contribution in [2.75, 3.05) is 13.7 Å². The summed E-state index contributed by atoms with van der Waals surface area (Å²) in [4.78, 5) is 26.2. The number of esters is 1. The highest BCUT2D eigenvalue weighted by molar-refractivity contribution is 5.83. The number of amides is 1. The van der Waals surface area contributed by atoms with Crippen LogP contribution in [0.15, 0.2) is 30.3 Å². The minimum atomic E-state index is -0.914. The average molecular weight is 289 g/mol. The molecule has 2 aliphatic rings. The Morgan fingerprint density at radius 2 is 2.10 bits per heavy atom. The van der Waals surface area contributed by atoms with Crippen molar-refractivity contribution in [1.82, 2.24) is 4.90 Å². The molecular formula is C16H19NO4. The van der Waals surface area contributed by atoms with Crippen LogP contribution >= 0.6 is 0 Å². The van der Waals surface area contributed by atoms with Crippen molar-refractivity contribution in [3.8, 4) is 0 Å². The molecule has 2 aliphatic heterocycles. The van der Waals surface area contributed by atoms with Gasteiger partial charge in [-0.25, -0.2) is 0 Å². The molecule has 3 rings (SSSR count). The molecule has 2 fully saturated rings. The smallest absolute Gasteiger partial charge is 0.313 e. The molecule has 112 valence electrons. The Bertz CT molecular complexity index is 559. The van der Waals surface area contributed by atoms with E-state index in [1.807, 2.05) is 37.3 Å². The number of carbonyl (C=O) groups is 2. The lowest BCUT2D eigenvalue weighted by Crippen LogP contribution is -2.57.